The van der Waals surface area contributed by atoms with Gasteiger partial charge >= 0.3 is 0 Å². The molecule has 4 rings (SSSR count). The minimum atomic E-state index is 0.0377. The van der Waals surface area contributed by atoms with Gasteiger partial charge in [-0.3, -0.25) is 4.79 Å². The highest BCUT2D eigenvalue weighted by atomic mass is 16.2. The van der Waals surface area contributed by atoms with Crippen LogP contribution in [0.1, 0.15) is 40.9 Å². The number of nitrogens with zero attached hydrogens (tertiary/aromatic N) is 4. The number of carbonyl (C=O) groups is 1. The molecular formula is C19H22N4O. The van der Waals surface area contributed by atoms with E-state index in [2.05, 4.69) is 39.1 Å². The average molecular weight is 322 g/mol. The summed E-state index contributed by atoms with van der Waals surface area (Å²) in [6.45, 7) is 3.38. The van der Waals surface area contributed by atoms with Crippen LogP contribution in [0.4, 0.5) is 5.95 Å². The van der Waals surface area contributed by atoms with Gasteiger partial charge in [-0.2, -0.15) is 0 Å². The van der Waals surface area contributed by atoms with Crippen molar-refractivity contribution in [3.8, 4) is 0 Å². The highest BCUT2D eigenvalue weighted by molar-refractivity contribution is 5.92. The molecule has 0 aliphatic carbocycles. The second-order valence-corrected chi connectivity index (χ2v) is 6.54. The number of rotatable bonds is 2. The lowest BCUT2D eigenvalue weighted by Crippen LogP contribution is -2.37. The summed E-state index contributed by atoms with van der Waals surface area (Å²) >= 11 is 0. The number of anilines is 1. The topological polar surface area (TPSA) is 49.3 Å². The van der Waals surface area contributed by atoms with Crippen LogP contribution in [-0.2, 0) is 13.0 Å². The van der Waals surface area contributed by atoms with Crippen LogP contribution < -0.4 is 4.90 Å². The van der Waals surface area contributed by atoms with Crippen LogP contribution in [0, 0.1) is 0 Å². The third kappa shape index (κ3) is 2.98. The molecule has 0 saturated carbocycles. The van der Waals surface area contributed by atoms with Gasteiger partial charge in [0.15, 0.2) is 0 Å². The number of hydrogen-bond acceptors (Lipinski definition) is 4. The smallest absolute Gasteiger partial charge is 0.272 e. The number of amides is 1. The number of hydrogen-bond donors (Lipinski definition) is 0. The zero-order valence-corrected chi connectivity index (χ0v) is 13.8. The molecule has 1 saturated heterocycles. The second kappa shape index (κ2) is 6.59. The number of likely N-dealkylation sites (tertiary alicyclic amines) is 1. The van der Waals surface area contributed by atoms with Crippen LogP contribution in [0.2, 0.25) is 0 Å². The molecule has 2 aliphatic rings. The molecule has 0 radical (unpaired) electrons. The van der Waals surface area contributed by atoms with Crippen LogP contribution in [0.15, 0.2) is 36.5 Å². The monoisotopic (exact) mass is 322 g/mol. The van der Waals surface area contributed by atoms with Crippen molar-refractivity contribution in [2.45, 2.75) is 32.2 Å². The molecule has 0 N–H and O–H groups in total. The molecule has 1 amide bonds. The van der Waals surface area contributed by atoms with Crippen molar-refractivity contribution < 1.29 is 4.79 Å². The highest BCUT2D eigenvalue weighted by Gasteiger charge is 2.22. The lowest BCUT2D eigenvalue weighted by molar-refractivity contribution is 0.0718. The Morgan fingerprint density at radius 3 is 2.58 bits per heavy atom. The van der Waals surface area contributed by atoms with Gasteiger partial charge in [0.2, 0.25) is 5.95 Å². The van der Waals surface area contributed by atoms with E-state index in [0.29, 0.717) is 11.6 Å². The normalized spacial score (nSPS) is 17.5. The summed E-state index contributed by atoms with van der Waals surface area (Å²) in [7, 11) is 0. The van der Waals surface area contributed by atoms with Gasteiger partial charge < -0.3 is 9.80 Å². The van der Waals surface area contributed by atoms with Crippen molar-refractivity contribution in [2.24, 2.45) is 0 Å². The van der Waals surface area contributed by atoms with E-state index in [1.54, 1.807) is 12.3 Å². The second-order valence-electron chi connectivity index (χ2n) is 6.54. The standard InChI is InChI=1S/C19H22N4O/c24-18(22-11-4-1-5-12-22)17-8-10-20-19(21-17)23-13-9-15-6-2-3-7-16(15)14-23/h2-3,6-8,10H,1,4-5,9,11-14H2. The van der Waals surface area contributed by atoms with Gasteiger partial charge in [-0.1, -0.05) is 24.3 Å². The number of benzene rings is 1. The van der Waals surface area contributed by atoms with Crippen LogP contribution in [0.25, 0.3) is 0 Å². The molecule has 0 bridgehead atoms. The van der Waals surface area contributed by atoms with Gasteiger partial charge in [-0.25, -0.2) is 9.97 Å². The van der Waals surface area contributed by atoms with Crippen molar-refractivity contribution in [1.82, 2.24) is 14.9 Å². The first-order chi connectivity index (χ1) is 11.8. The summed E-state index contributed by atoms with van der Waals surface area (Å²) in [5.41, 5.74) is 3.23. The van der Waals surface area contributed by atoms with Crippen LogP contribution in [-0.4, -0.2) is 40.4 Å². The largest absolute Gasteiger partial charge is 0.337 e. The predicted octanol–water partition coefficient (Wildman–Crippen LogP) is 2.67. The maximum absolute atomic E-state index is 12.7. The number of fused-ring (bicyclic) bond motifs is 1. The first-order valence-electron chi connectivity index (χ1n) is 8.75. The quantitative estimate of drug-likeness (QED) is 0.853. The van der Waals surface area contributed by atoms with E-state index in [4.69, 9.17) is 0 Å². The lowest BCUT2D eigenvalue weighted by Gasteiger charge is -2.29. The maximum Gasteiger partial charge on any atom is 0.272 e. The van der Waals surface area contributed by atoms with Crippen molar-refractivity contribution in [2.75, 3.05) is 24.5 Å². The third-order valence-electron chi connectivity index (χ3n) is 4.92. The van der Waals surface area contributed by atoms with Crippen molar-refractivity contribution in [3.05, 3.63) is 53.3 Å². The Bertz CT molecular complexity index is 740. The van der Waals surface area contributed by atoms with E-state index in [1.807, 2.05) is 4.90 Å². The van der Waals surface area contributed by atoms with E-state index in [1.165, 1.54) is 17.5 Å². The Hall–Kier alpha value is -2.43. The fraction of sp³-hybridized carbons (Fsp3) is 0.421. The van der Waals surface area contributed by atoms with Gasteiger partial charge in [0, 0.05) is 32.4 Å². The molecule has 3 heterocycles. The molecular weight excluding hydrogens is 300 g/mol. The third-order valence-corrected chi connectivity index (χ3v) is 4.92. The maximum atomic E-state index is 12.7. The fourth-order valence-electron chi connectivity index (χ4n) is 3.55. The number of piperidine rings is 1. The van der Waals surface area contributed by atoms with E-state index < -0.39 is 0 Å². The minimum Gasteiger partial charge on any atom is -0.337 e. The molecule has 1 aromatic heterocycles. The number of carbonyl (C=O) groups excluding carboxylic acids is 1. The molecule has 0 unspecified atom stereocenters. The van der Waals surface area contributed by atoms with E-state index in [9.17, 15) is 4.79 Å². The molecule has 0 atom stereocenters. The summed E-state index contributed by atoms with van der Waals surface area (Å²) < 4.78 is 0. The molecule has 1 fully saturated rings. The van der Waals surface area contributed by atoms with Crippen LogP contribution >= 0.6 is 0 Å². The molecule has 2 aliphatic heterocycles. The summed E-state index contributed by atoms with van der Waals surface area (Å²) in [6, 6.07) is 10.2. The summed E-state index contributed by atoms with van der Waals surface area (Å²) in [5, 5.41) is 0. The Morgan fingerprint density at radius 2 is 1.75 bits per heavy atom. The first-order valence-corrected chi connectivity index (χ1v) is 8.75. The highest BCUT2D eigenvalue weighted by Crippen LogP contribution is 2.22. The Kier molecular flexibility index (Phi) is 4.15. The van der Waals surface area contributed by atoms with E-state index in [0.717, 1.165) is 45.4 Å². The molecule has 5 nitrogen and oxygen atoms in total. The van der Waals surface area contributed by atoms with Gasteiger partial charge in [0.1, 0.15) is 5.69 Å². The Balaban J connectivity index is 1.54. The van der Waals surface area contributed by atoms with Crippen molar-refractivity contribution in [1.29, 1.82) is 0 Å². The molecule has 0 spiro atoms. The van der Waals surface area contributed by atoms with Gasteiger partial charge in [0.05, 0.1) is 0 Å². The Morgan fingerprint density at radius 1 is 0.958 bits per heavy atom. The minimum absolute atomic E-state index is 0.0377. The summed E-state index contributed by atoms with van der Waals surface area (Å²) in [6.07, 6.45) is 6.09. The van der Waals surface area contributed by atoms with E-state index >= 15 is 0 Å². The number of aromatic nitrogens is 2. The van der Waals surface area contributed by atoms with Crippen LogP contribution in [0.5, 0.6) is 0 Å². The van der Waals surface area contributed by atoms with Crippen molar-refractivity contribution in [3.63, 3.8) is 0 Å². The van der Waals surface area contributed by atoms with Gasteiger partial charge in [0.25, 0.3) is 5.91 Å². The van der Waals surface area contributed by atoms with E-state index in [-0.39, 0.29) is 5.91 Å². The molecule has 5 heteroatoms. The average Bonchev–Trinajstić information content (AvgIpc) is 2.68. The zero-order valence-electron chi connectivity index (χ0n) is 13.8. The summed E-state index contributed by atoms with van der Waals surface area (Å²) in [5.74, 6) is 0.697. The SMILES string of the molecule is O=C(c1ccnc(N2CCc3ccccc3C2)n1)N1CCCCC1. The molecule has 24 heavy (non-hydrogen) atoms. The van der Waals surface area contributed by atoms with Crippen molar-refractivity contribution >= 4 is 11.9 Å². The van der Waals surface area contributed by atoms with Gasteiger partial charge in [-0.05, 0) is 42.9 Å². The lowest BCUT2D eigenvalue weighted by atomic mass is 10.0. The van der Waals surface area contributed by atoms with Gasteiger partial charge in [-0.15, -0.1) is 0 Å². The first kappa shape index (κ1) is 15.1. The van der Waals surface area contributed by atoms with Crippen LogP contribution in [0.3, 0.4) is 0 Å². The zero-order chi connectivity index (χ0) is 16.4. The molecule has 124 valence electrons. The predicted molar refractivity (Wildman–Crippen MR) is 93.0 cm³/mol. The summed E-state index contributed by atoms with van der Waals surface area (Å²) in [4.78, 5) is 25.7. The molecule has 1 aromatic carbocycles. The molecule has 2 aromatic rings. The Labute approximate surface area is 142 Å². The fourth-order valence-corrected chi connectivity index (χ4v) is 3.55.